The molecule has 1 aliphatic carbocycles. The lowest BCUT2D eigenvalue weighted by atomic mass is 9.76. The molecular formula is C13H21N5O2. The molecule has 110 valence electrons. The van der Waals surface area contributed by atoms with Gasteiger partial charge in [-0.15, -0.1) is 0 Å². The van der Waals surface area contributed by atoms with Gasteiger partial charge in [0.15, 0.2) is 5.84 Å². The van der Waals surface area contributed by atoms with Crippen molar-refractivity contribution in [2.45, 2.75) is 38.1 Å². The fourth-order valence-corrected chi connectivity index (χ4v) is 2.65. The molecule has 4 N–H and O–H groups in total. The van der Waals surface area contributed by atoms with Gasteiger partial charge in [-0.05, 0) is 31.6 Å². The van der Waals surface area contributed by atoms with Crippen molar-refractivity contribution in [3.05, 3.63) is 18.2 Å². The smallest absolute Gasteiger partial charge is 0.270 e. The van der Waals surface area contributed by atoms with Crippen LogP contribution >= 0.6 is 0 Å². The Morgan fingerprint density at radius 3 is 2.75 bits per heavy atom. The highest BCUT2D eigenvalue weighted by Crippen LogP contribution is 2.32. The van der Waals surface area contributed by atoms with E-state index in [1.807, 2.05) is 0 Å². The number of amides is 1. The standard InChI is InChI=1S/C13H21N5O2/c1-9-3-5-13(6-4-9,12(14)17-20)16-11(19)10-7-15-8-18(10)2/h7-9,20H,3-6H2,1-2H3,(H2,14,17)(H,16,19). The molecule has 0 unspecified atom stereocenters. The summed E-state index contributed by atoms with van der Waals surface area (Å²) >= 11 is 0. The van der Waals surface area contributed by atoms with E-state index in [1.165, 1.54) is 6.20 Å². The number of hydrogen-bond acceptors (Lipinski definition) is 4. The van der Waals surface area contributed by atoms with Crippen LogP contribution in [-0.2, 0) is 7.05 Å². The first-order chi connectivity index (χ1) is 9.48. The first kappa shape index (κ1) is 14.4. The van der Waals surface area contributed by atoms with E-state index in [1.54, 1.807) is 17.9 Å². The molecule has 1 amide bonds. The van der Waals surface area contributed by atoms with Gasteiger partial charge < -0.3 is 20.8 Å². The van der Waals surface area contributed by atoms with Crippen LogP contribution in [0, 0.1) is 5.92 Å². The third-order valence-corrected chi connectivity index (χ3v) is 4.13. The molecule has 1 aromatic rings. The predicted molar refractivity (Wildman–Crippen MR) is 74.4 cm³/mol. The Morgan fingerprint density at radius 2 is 2.25 bits per heavy atom. The second-order valence-corrected chi connectivity index (χ2v) is 5.59. The summed E-state index contributed by atoms with van der Waals surface area (Å²) < 4.78 is 1.64. The van der Waals surface area contributed by atoms with Gasteiger partial charge in [-0.2, -0.15) is 0 Å². The van der Waals surface area contributed by atoms with E-state index >= 15 is 0 Å². The highest BCUT2D eigenvalue weighted by Gasteiger charge is 2.40. The van der Waals surface area contributed by atoms with E-state index in [0.717, 1.165) is 12.8 Å². The number of amidine groups is 1. The third-order valence-electron chi connectivity index (χ3n) is 4.13. The normalized spacial score (nSPS) is 27.3. The molecule has 1 aliphatic rings. The number of hydrogen-bond donors (Lipinski definition) is 3. The molecule has 0 spiro atoms. The van der Waals surface area contributed by atoms with E-state index in [2.05, 4.69) is 22.4 Å². The Labute approximate surface area is 117 Å². The van der Waals surface area contributed by atoms with Crippen LogP contribution < -0.4 is 11.1 Å². The minimum Gasteiger partial charge on any atom is -0.409 e. The summed E-state index contributed by atoms with van der Waals surface area (Å²) in [4.78, 5) is 16.3. The number of nitrogens with zero attached hydrogens (tertiary/aromatic N) is 3. The van der Waals surface area contributed by atoms with Crippen LogP contribution in [0.25, 0.3) is 0 Å². The number of imidazole rings is 1. The average molecular weight is 279 g/mol. The van der Waals surface area contributed by atoms with Crippen molar-refractivity contribution in [2.75, 3.05) is 0 Å². The van der Waals surface area contributed by atoms with Gasteiger partial charge in [0.1, 0.15) is 11.2 Å². The number of aryl methyl sites for hydroxylation is 1. The molecule has 0 bridgehead atoms. The molecule has 20 heavy (non-hydrogen) atoms. The van der Waals surface area contributed by atoms with Gasteiger partial charge in [0.05, 0.1) is 12.5 Å². The number of nitrogens with one attached hydrogen (secondary N) is 1. The van der Waals surface area contributed by atoms with Crippen molar-refractivity contribution in [1.29, 1.82) is 0 Å². The molecule has 7 nitrogen and oxygen atoms in total. The van der Waals surface area contributed by atoms with E-state index in [9.17, 15) is 4.79 Å². The monoisotopic (exact) mass is 279 g/mol. The molecule has 1 heterocycles. The zero-order valence-electron chi connectivity index (χ0n) is 11.8. The van der Waals surface area contributed by atoms with Crippen LogP contribution in [0.3, 0.4) is 0 Å². The van der Waals surface area contributed by atoms with Crippen molar-refractivity contribution in [1.82, 2.24) is 14.9 Å². The van der Waals surface area contributed by atoms with Crippen molar-refractivity contribution in [2.24, 2.45) is 23.9 Å². The molecule has 1 saturated carbocycles. The van der Waals surface area contributed by atoms with Crippen LogP contribution in [-0.4, -0.2) is 32.0 Å². The fourth-order valence-electron chi connectivity index (χ4n) is 2.65. The Balaban J connectivity index is 2.21. The second kappa shape index (κ2) is 5.52. The van der Waals surface area contributed by atoms with Gasteiger partial charge in [-0.1, -0.05) is 12.1 Å². The number of oxime groups is 1. The topological polar surface area (TPSA) is 106 Å². The Bertz CT molecular complexity index is 515. The van der Waals surface area contributed by atoms with Gasteiger partial charge in [-0.25, -0.2) is 4.98 Å². The summed E-state index contributed by atoms with van der Waals surface area (Å²) in [5.41, 5.74) is 5.52. The molecule has 0 radical (unpaired) electrons. The van der Waals surface area contributed by atoms with Crippen molar-refractivity contribution in [3.8, 4) is 0 Å². The lowest BCUT2D eigenvalue weighted by molar-refractivity contribution is 0.0889. The molecule has 0 aromatic carbocycles. The fraction of sp³-hybridized carbons (Fsp3) is 0.615. The Hall–Kier alpha value is -2.05. The predicted octanol–water partition coefficient (Wildman–Crippen LogP) is 0.845. The third kappa shape index (κ3) is 2.61. The molecule has 0 atom stereocenters. The summed E-state index contributed by atoms with van der Waals surface area (Å²) in [7, 11) is 1.75. The van der Waals surface area contributed by atoms with E-state index in [-0.39, 0.29) is 11.7 Å². The Morgan fingerprint density at radius 1 is 1.60 bits per heavy atom. The molecule has 0 saturated heterocycles. The maximum absolute atomic E-state index is 12.3. The number of carbonyl (C=O) groups is 1. The van der Waals surface area contributed by atoms with Crippen molar-refractivity contribution >= 4 is 11.7 Å². The highest BCUT2D eigenvalue weighted by molar-refractivity contribution is 5.99. The van der Waals surface area contributed by atoms with Gasteiger partial charge in [0.25, 0.3) is 5.91 Å². The van der Waals surface area contributed by atoms with Crippen molar-refractivity contribution in [3.63, 3.8) is 0 Å². The number of aromatic nitrogens is 2. The molecule has 1 fully saturated rings. The highest BCUT2D eigenvalue weighted by atomic mass is 16.4. The second-order valence-electron chi connectivity index (χ2n) is 5.59. The molecular weight excluding hydrogens is 258 g/mol. The first-order valence-electron chi connectivity index (χ1n) is 6.75. The number of carbonyl (C=O) groups excluding carboxylic acids is 1. The van der Waals surface area contributed by atoms with Crippen LogP contribution in [0.2, 0.25) is 0 Å². The zero-order chi connectivity index (χ0) is 14.8. The van der Waals surface area contributed by atoms with Crippen LogP contribution in [0.4, 0.5) is 0 Å². The molecule has 0 aliphatic heterocycles. The summed E-state index contributed by atoms with van der Waals surface area (Å²) in [6.45, 7) is 2.17. The maximum Gasteiger partial charge on any atom is 0.270 e. The summed E-state index contributed by atoms with van der Waals surface area (Å²) in [5, 5.41) is 15.1. The lowest BCUT2D eigenvalue weighted by Crippen LogP contribution is -2.59. The van der Waals surface area contributed by atoms with E-state index in [0.29, 0.717) is 24.5 Å². The van der Waals surface area contributed by atoms with Gasteiger partial charge in [0, 0.05) is 7.05 Å². The minimum atomic E-state index is -0.761. The summed E-state index contributed by atoms with van der Waals surface area (Å²) in [5.74, 6) is 0.397. The number of rotatable bonds is 3. The van der Waals surface area contributed by atoms with Crippen LogP contribution in [0.1, 0.15) is 43.1 Å². The molecule has 7 heteroatoms. The summed E-state index contributed by atoms with van der Waals surface area (Å²) in [6, 6.07) is 0. The molecule has 1 aromatic heterocycles. The maximum atomic E-state index is 12.3. The first-order valence-corrected chi connectivity index (χ1v) is 6.75. The van der Waals surface area contributed by atoms with Crippen LogP contribution in [0.15, 0.2) is 17.7 Å². The zero-order valence-corrected chi connectivity index (χ0v) is 11.8. The summed E-state index contributed by atoms with van der Waals surface area (Å²) in [6.07, 6.45) is 6.28. The SMILES string of the molecule is CC1CCC(NC(=O)c2cncn2C)(C(N)=NO)CC1. The van der Waals surface area contributed by atoms with Crippen LogP contribution in [0.5, 0.6) is 0 Å². The minimum absolute atomic E-state index is 0.0694. The largest absolute Gasteiger partial charge is 0.409 e. The lowest BCUT2D eigenvalue weighted by Gasteiger charge is -2.38. The number of nitrogens with two attached hydrogens (primary N) is 1. The Kier molecular flexibility index (Phi) is 3.96. The average Bonchev–Trinajstić information content (AvgIpc) is 2.87. The van der Waals surface area contributed by atoms with Crippen molar-refractivity contribution < 1.29 is 10.0 Å². The van der Waals surface area contributed by atoms with Gasteiger partial charge in [-0.3, -0.25) is 4.79 Å². The van der Waals surface area contributed by atoms with Gasteiger partial charge in [0.2, 0.25) is 0 Å². The molecule has 2 rings (SSSR count). The quantitative estimate of drug-likeness (QED) is 0.330. The van der Waals surface area contributed by atoms with Gasteiger partial charge >= 0.3 is 0 Å². The van der Waals surface area contributed by atoms with E-state index < -0.39 is 5.54 Å². The van der Waals surface area contributed by atoms with E-state index in [4.69, 9.17) is 10.9 Å².